The fourth-order valence-corrected chi connectivity index (χ4v) is 3.73. The number of ether oxygens (including phenoxy) is 1. The molecule has 166 valence electrons. The van der Waals surface area contributed by atoms with E-state index >= 15 is 0 Å². The number of anilines is 3. The highest BCUT2D eigenvalue weighted by atomic mass is 35.5. The Kier molecular flexibility index (Phi) is 6.97. The number of morpholine rings is 1. The number of benzene rings is 2. The summed E-state index contributed by atoms with van der Waals surface area (Å²) in [6, 6.07) is 7.82. The van der Waals surface area contributed by atoms with Crippen LogP contribution in [0.5, 0.6) is 0 Å². The number of nitrogens with one attached hydrogen (secondary N) is 2. The summed E-state index contributed by atoms with van der Waals surface area (Å²) in [6.45, 7) is 6.72. The molecule has 1 aliphatic rings. The van der Waals surface area contributed by atoms with Crippen LogP contribution in [-0.2, 0) is 9.53 Å². The summed E-state index contributed by atoms with van der Waals surface area (Å²) in [6.07, 6.45) is 0.0202. The maximum atomic E-state index is 14.7. The zero-order chi connectivity index (χ0) is 22.7. The number of nitrogens with zero attached hydrogens (tertiary/aromatic N) is 2. The highest BCUT2D eigenvalue weighted by Gasteiger charge is 2.24. The van der Waals surface area contributed by atoms with E-state index in [1.807, 2.05) is 18.7 Å². The Bertz CT molecular complexity index is 980. The fourth-order valence-electron chi connectivity index (χ4n) is 3.50. The van der Waals surface area contributed by atoms with Crippen LogP contribution in [0.1, 0.15) is 20.8 Å². The highest BCUT2D eigenvalue weighted by Crippen LogP contribution is 2.28. The van der Waals surface area contributed by atoms with Crippen LogP contribution in [0.3, 0.4) is 0 Å². The first-order valence-electron chi connectivity index (χ1n) is 9.85. The van der Waals surface area contributed by atoms with Crippen molar-refractivity contribution in [2.75, 3.05) is 28.6 Å². The normalized spacial score (nSPS) is 19.6. The van der Waals surface area contributed by atoms with Crippen molar-refractivity contribution in [3.8, 4) is 0 Å². The molecule has 1 heterocycles. The Hall–Kier alpha value is -2.91. The van der Waals surface area contributed by atoms with Crippen LogP contribution in [0.2, 0.25) is 5.02 Å². The highest BCUT2D eigenvalue weighted by molar-refractivity contribution is 6.34. The maximum Gasteiger partial charge on any atom is 0.271 e. The molecule has 0 aromatic heterocycles. The van der Waals surface area contributed by atoms with E-state index in [4.69, 9.17) is 16.3 Å². The van der Waals surface area contributed by atoms with Gasteiger partial charge in [-0.15, -0.1) is 0 Å². The van der Waals surface area contributed by atoms with Crippen molar-refractivity contribution in [1.29, 1.82) is 0 Å². The van der Waals surface area contributed by atoms with Crippen LogP contribution in [-0.4, -0.2) is 42.2 Å². The van der Waals surface area contributed by atoms with Crippen molar-refractivity contribution in [2.45, 2.75) is 39.0 Å². The van der Waals surface area contributed by atoms with Crippen molar-refractivity contribution < 1.29 is 18.8 Å². The van der Waals surface area contributed by atoms with Crippen LogP contribution in [0.25, 0.3) is 0 Å². The summed E-state index contributed by atoms with van der Waals surface area (Å²) in [5.41, 5.74) is 1.02. The number of non-ortho nitro benzene ring substituents is 1. The van der Waals surface area contributed by atoms with E-state index in [1.165, 1.54) is 18.2 Å². The molecule has 2 N–H and O–H groups in total. The molecule has 1 saturated heterocycles. The number of nitro benzene ring substituents is 1. The third-order valence-corrected chi connectivity index (χ3v) is 5.22. The Morgan fingerprint density at radius 1 is 1.26 bits per heavy atom. The zero-order valence-electron chi connectivity index (χ0n) is 17.4. The smallest absolute Gasteiger partial charge is 0.271 e. The molecule has 0 saturated carbocycles. The molecular weight excluding hydrogens is 427 g/mol. The van der Waals surface area contributed by atoms with Gasteiger partial charge < -0.3 is 20.3 Å². The second kappa shape index (κ2) is 9.49. The molecule has 1 aliphatic heterocycles. The summed E-state index contributed by atoms with van der Waals surface area (Å²) in [5, 5.41) is 16.4. The molecule has 31 heavy (non-hydrogen) atoms. The van der Waals surface area contributed by atoms with E-state index in [2.05, 4.69) is 10.6 Å². The molecule has 1 amide bonds. The van der Waals surface area contributed by atoms with E-state index in [0.29, 0.717) is 24.5 Å². The minimum atomic E-state index is -0.708. The lowest BCUT2D eigenvalue weighted by Gasteiger charge is -2.37. The third-order valence-electron chi connectivity index (χ3n) is 4.91. The van der Waals surface area contributed by atoms with E-state index in [-0.39, 0.29) is 28.6 Å². The van der Waals surface area contributed by atoms with E-state index in [0.717, 1.165) is 6.07 Å². The van der Waals surface area contributed by atoms with Gasteiger partial charge in [-0.2, -0.15) is 0 Å². The second-order valence-electron chi connectivity index (χ2n) is 7.61. The minimum Gasteiger partial charge on any atom is -0.374 e. The van der Waals surface area contributed by atoms with Crippen molar-refractivity contribution >= 4 is 40.3 Å². The van der Waals surface area contributed by atoms with Crippen molar-refractivity contribution in [1.82, 2.24) is 0 Å². The lowest BCUT2D eigenvalue weighted by molar-refractivity contribution is -0.384. The molecule has 0 bridgehead atoms. The molecule has 3 rings (SSSR count). The van der Waals surface area contributed by atoms with Gasteiger partial charge in [-0.1, -0.05) is 11.6 Å². The van der Waals surface area contributed by atoms with Gasteiger partial charge in [0.25, 0.3) is 5.69 Å². The van der Waals surface area contributed by atoms with Gasteiger partial charge in [0.05, 0.1) is 33.5 Å². The van der Waals surface area contributed by atoms with Gasteiger partial charge >= 0.3 is 0 Å². The van der Waals surface area contributed by atoms with Gasteiger partial charge in [-0.25, -0.2) is 4.39 Å². The van der Waals surface area contributed by atoms with Gasteiger partial charge in [0.15, 0.2) is 0 Å². The molecule has 8 nitrogen and oxygen atoms in total. The standard InChI is InChI=1S/C21H24ClFN4O4/c1-12-10-26(11-13(2)31-12)20-7-4-15(8-18(20)23)24-14(3)21(28)25-19-6-5-16(27(29)30)9-17(19)22/h4-9,12-14,24H,10-11H2,1-3H3,(H,25,28). The fraction of sp³-hybridized carbons (Fsp3) is 0.381. The van der Waals surface area contributed by atoms with Gasteiger partial charge in [-0.05, 0) is 45.0 Å². The quantitative estimate of drug-likeness (QED) is 0.499. The molecule has 0 aliphatic carbocycles. The van der Waals surface area contributed by atoms with Gasteiger partial charge in [0, 0.05) is 30.9 Å². The van der Waals surface area contributed by atoms with E-state index in [1.54, 1.807) is 19.1 Å². The zero-order valence-corrected chi connectivity index (χ0v) is 18.1. The van der Waals surface area contributed by atoms with Crippen LogP contribution in [0, 0.1) is 15.9 Å². The summed E-state index contributed by atoms with van der Waals surface area (Å²) in [4.78, 5) is 24.6. The molecule has 3 unspecified atom stereocenters. The average Bonchev–Trinajstić information content (AvgIpc) is 2.68. The van der Waals surface area contributed by atoms with Crippen LogP contribution in [0.4, 0.5) is 27.1 Å². The van der Waals surface area contributed by atoms with Crippen LogP contribution >= 0.6 is 11.6 Å². The van der Waals surface area contributed by atoms with Gasteiger partial charge in [-0.3, -0.25) is 14.9 Å². The molecule has 0 radical (unpaired) electrons. The number of nitro groups is 1. The number of hydrogen-bond donors (Lipinski definition) is 2. The first-order valence-corrected chi connectivity index (χ1v) is 10.2. The Balaban J connectivity index is 1.65. The second-order valence-corrected chi connectivity index (χ2v) is 8.01. The van der Waals surface area contributed by atoms with Crippen molar-refractivity contribution in [2.24, 2.45) is 0 Å². The first-order chi connectivity index (χ1) is 14.6. The summed E-state index contributed by atoms with van der Waals surface area (Å²) >= 11 is 6.01. The Labute approximate surface area is 184 Å². The monoisotopic (exact) mass is 450 g/mol. The molecule has 3 atom stereocenters. The maximum absolute atomic E-state index is 14.7. The van der Waals surface area contributed by atoms with Crippen molar-refractivity contribution in [3.63, 3.8) is 0 Å². The summed E-state index contributed by atoms with van der Waals surface area (Å²) in [5.74, 6) is -0.812. The summed E-state index contributed by atoms with van der Waals surface area (Å²) < 4.78 is 20.4. The van der Waals surface area contributed by atoms with E-state index in [9.17, 15) is 19.3 Å². The van der Waals surface area contributed by atoms with Gasteiger partial charge in [0.2, 0.25) is 5.91 Å². The first kappa shape index (κ1) is 22.8. The minimum absolute atomic E-state index is 0.0101. The molecular formula is C21H24ClFN4O4. The number of rotatable bonds is 6. The Morgan fingerprint density at radius 3 is 2.52 bits per heavy atom. The number of amides is 1. The largest absolute Gasteiger partial charge is 0.374 e. The van der Waals surface area contributed by atoms with E-state index < -0.39 is 22.7 Å². The third kappa shape index (κ3) is 5.62. The predicted octanol–water partition coefficient (Wildman–Crippen LogP) is 4.44. The number of hydrogen-bond acceptors (Lipinski definition) is 6. The topological polar surface area (TPSA) is 96.7 Å². The summed E-state index contributed by atoms with van der Waals surface area (Å²) in [7, 11) is 0. The predicted molar refractivity (Wildman–Crippen MR) is 118 cm³/mol. The van der Waals surface area contributed by atoms with Crippen LogP contribution in [0.15, 0.2) is 36.4 Å². The van der Waals surface area contributed by atoms with Gasteiger partial charge in [0.1, 0.15) is 11.9 Å². The molecule has 0 spiro atoms. The Morgan fingerprint density at radius 2 is 1.94 bits per heavy atom. The molecule has 10 heteroatoms. The molecule has 2 aromatic rings. The number of carbonyl (C=O) groups excluding carboxylic acids is 1. The molecule has 2 aromatic carbocycles. The lowest BCUT2D eigenvalue weighted by atomic mass is 10.1. The molecule has 1 fully saturated rings. The lowest BCUT2D eigenvalue weighted by Crippen LogP contribution is -2.45. The average molecular weight is 451 g/mol. The number of carbonyl (C=O) groups is 1. The van der Waals surface area contributed by atoms with Crippen molar-refractivity contribution in [3.05, 3.63) is 57.4 Å². The van der Waals surface area contributed by atoms with Crippen LogP contribution < -0.4 is 15.5 Å². The number of halogens is 2. The SMILES string of the molecule is CC1CN(c2ccc(NC(C)C(=O)Nc3ccc([N+](=O)[O-])cc3Cl)cc2F)CC(C)O1.